The molecule has 10 heteroatoms. The number of rotatable bonds is 5. The van der Waals surface area contributed by atoms with Crippen molar-refractivity contribution in [1.29, 1.82) is 0 Å². The standard InChI is InChI=1S/C18H24N2O8/c1-10(21)19-14-15(22)16-13(9-26-18(2,3)28-16)27-17(14)25-8-11-4-6-12(7-5-11)20(23)24/h4-7,13-17,22H,8-9H2,1-3H3,(H,19,21)/t13-,14+,15-,16+,17-/m1/s1. The Morgan fingerprint density at radius 2 is 2.07 bits per heavy atom. The monoisotopic (exact) mass is 396 g/mol. The molecule has 2 saturated heterocycles. The fourth-order valence-corrected chi connectivity index (χ4v) is 3.27. The maximum atomic E-state index is 11.6. The van der Waals surface area contributed by atoms with Gasteiger partial charge in [0.15, 0.2) is 12.1 Å². The second kappa shape index (κ2) is 8.10. The lowest BCUT2D eigenvalue weighted by Gasteiger charge is -2.49. The highest BCUT2D eigenvalue weighted by Crippen LogP contribution is 2.33. The topological polar surface area (TPSA) is 129 Å². The third-order valence-electron chi connectivity index (χ3n) is 4.62. The number of nitro groups is 1. The molecule has 3 rings (SSSR count). The minimum absolute atomic E-state index is 0.0221. The Balaban J connectivity index is 1.71. The van der Waals surface area contributed by atoms with Crippen LogP contribution in [0.2, 0.25) is 0 Å². The first-order valence-corrected chi connectivity index (χ1v) is 8.93. The van der Waals surface area contributed by atoms with Gasteiger partial charge in [-0.25, -0.2) is 0 Å². The summed E-state index contributed by atoms with van der Waals surface area (Å²) >= 11 is 0. The Hall–Kier alpha value is -2.11. The molecule has 1 amide bonds. The third kappa shape index (κ3) is 4.65. The number of amides is 1. The Labute approximate surface area is 161 Å². The number of nitrogens with one attached hydrogen (secondary N) is 1. The van der Waals surface area contributed by atoms with Gasteiger partial charge in [-0.3, -0.25) is 14.9 Å². The van der Waals surface area contributed by atoms with Gasteiger partial charge in [-0.2, -0.15) is 0 Å². The van der Waals surface area contributed by atoms with E-state index in [1.165, 1.54) is 19.1 Å². The van der Waals surface area contributed by atoms with Gasteiger partial charge in [0, 0.05) is 19.1 Å². The molecular weight excluding hydrogens is 372 g/mol. The highest BCUT2D eigenvalue weighted by Gasteiger charge is 2.51. The van der Waals surface area contributed by atoms with E-state index in [2.05, 4.69) is 5.32 Å². The number of nitrogens with zero attached hydrogens (tertiary/aromatic N) is 1. The van der Waals surface area contributed by atoms with Gasteiger partial charge >= 0.3 is 0 Å². The molecule has 2 aliphatic heterocycles. The van der Waals surface area contributed by atoms with Crippen LogP contribution in [0.4, 0.5) is 5.69 Å². The summed E-state index contributed by atoms with van der Waals surface area (Å²) < 4.78 is 23.0. The van der Waals surface area contributed by atoms with Gasteiger partial charge in [0.05, 0.1) is 18.1 Å². The van der Waals surface area contributed by atoms with Crippen molar-refractivity contribution >= 4 is 11.6 Å². The molecule has 154 valence electrons. The number of aliphatic hydroxyl groups is 1. The minimum Gasteiger partial charge on any atom is -0.388 e. The molecule has 0 bridgehead atoms. The van der Waals surface area contributed by atoms with Crippen molar-refractivity contribution in [2.45, 2.75) is 63.8 Å². The van der Waals surface area contributed by atoms with Crippen molar-refractivity contribution in [2.75, 3.05) is 6.61 Å². The summed E-state index contributed by atoms with van der Waals surface area (Å²) in [6, 6.07) is 5.06. The van der Waals surface area contributed by atoms with Gasteiger partial charge < -0.3 is 29.4 Å². The number of carbonyl (C=O) groups excluding carboxylic acids is 1. The fourth-order valence-electron chi connectivity index (χ4n) is 3.27. The first-order valence-electron chi connectivity index (χ1n) is 8.93. The molecule has 2 N–H and O–H groups in total. The van der Waals surface area contributed by atoms with Gasteiger partial charge in [0.25, 0.3) is 5.69 Å². The molecule has 1 aromatic rings. The minimum atomic E-state index is -1.06. The number of non-ortho nitro benzene ring substituents is 1. The van der Waals surface area contributed by atoms with Gasteiger partial charge in [0.2, 0.25) is 5.91 Å². The number of carbonyl (C=O) groups is 1. The fraction of sp³-hybridized carbons (Fsp3) is 0.611. The van der Waals surface area contributed by atoms with Crippen molar-refractivity contribution in [3.05, 3.63) is 39.9 Å². The summed E-state index contributed by atoms with van der Waals surface area (Å²) in [5, 5.41) is 24.2. The molecule has 5 atom stereocenters. The zero-order valence-electron chi connectivity index (χ0n) is 15.9. The summed E-state index contributed by atoms with van der Waals surface area (Å²) in [6.45, 7) is 5.09. The lowest BCUT2D eigenvalue weighted by atomic mass is 9.95. The van der Waals surface area contributed by atoms with E-state index in [1.54, 1.807) is 26.0 Å². The van der Waals surface area contributed by atoms with Crippen LogP contribution in [0.3, 0.4) is 0 Å². The molecule has 2 fully saturated rings. The van der Waals surface area contributed by atoms with E-state index in [9.17, 15) is 20.0 Å². The summed E-state index contributed by atoms with van der Waals surface area (Å²) in [7, 11) is 0. The lowest BCUT2D eigenvalue weighted by Crippen LogP contribution is -2.68. The molecule has 0 aliphatic carbocycles. The van der Waals surface area contributed by atoms with Crippen molar-refractivity contribution in [2.24, 2.45) is 0 Å². The molecule has 0 unspecified atom stereocenters. The van der Waals surface area contributed by atoms with Crippen LogP contribution < -0.4 is 5.32 Å². The average molecular weight is 396 g/mol. The number of ether oxygens (including phenoxy) is 4. The van der Waals surface area contributed by atoms with E-state index in [-0.39, 0.29) is 24.8 Å². The van der Waals surface area contributed by atoms with Crippen LogP contribution in [0.25, 0.3) is 0 Å². The summed E-state index contributed by atoms with van der Waals surface area (Å²) in [5.41, 5.74) is 0.663. The molecule has 28 heavy (non-hydrogen) atoms. The predicted molar refractivity (Wildman–Crippen MR) is 95.1 cm³/mol. The van der Waals surface area contributed by atoms with E-state index in [1.807, 2.05) is 0 Å². The maximum Gasteiger partial charge on any atom is 0.269 e. The van der Waals surface area contributed by atoms with Crippen LogP contribution in [0, 0.1) is 10.1 Å². The van der Waals surface area contributed by atoms with Crippen molar-refractivity contribution in [3.63, 3.8) is 0 Å². The molecule has 2 aliphatic rings. The number of hydrogen-bond acceptors (Lipinski definition) is 8. The van der Waals surface area contributed by atoms with Gasteiger partial charge in [0.1, 0.15) is 24.4 Å². The Morgan fingerprint density at radius 3 is 2.68 bits per heavy atom. The van der Waals surface area contributed by atoms with Crippen LogP contribution in [-0.4, -0.2) is 59.0 Å². The maximum absolute atomic E-state index is 11.6. The molecule has 10 nitrogen and oxygen atoms in total. The van der Waals surface area contributed by atoms with Crippen molar-refractivity contribution < 1.29 is 33.8 Å². The number of nitro benzene ring substituents is 1. The first-order chi connectivity index (χ1) is 13.2. The zero-order chi connectivity index (χ0) is 20.5. The molecule has 1 aromatic carbocycles. The Bertz CT molecular complexity index is 723. The normalized spacial score (nSPS) is 31.6. The molecule has 2 heterocycles. The number of fused-ring (bicyclic) bond motifs is 1. The van der Waals surface area contributed by atoms with Crippen LogP contribution in [-0.2, 0) is 30.3 Å². The Morgan fingerprint density at radius 1 is 1.39 bits per heavy atom. The average Bonchev–Trinajstić information content (AvgIpc) is 2.63. The van der Waals surface area contributed by atoms with Gasteiger partial charge in [-0.05, 0) is 31.5 Å². The van der Waals surface area contributed by atoms with E-state index in [0.29, 0.717) is 5.56 Å². The number of aliphatic hydroxyl groups excluding tert-OH is 1. The number of benzene rings is 1. The second-order valence-electron chi connectivity index (χ2n) is 7.29. The van der Waals surface area contributed by atoms with Crippen LogP contribution >= 0.6 is 0 Å². The van der Waals surface area contributed by atoms with E-state index < -0.39 is 41.4 Å². The van der Waals surface area contributed by atoms with Crippen LogP contribution in [0.15, 0.2) is 24.3 Å². The highest BCUT2D eigenvalue weighted by atomic mass is 16.8. The van der Waals surface area contributed by atoms with Crippen molar-refractivity contribution in [1.82, 2.24) is 5.32 Å². The highest BCUT2D eigenvalue weighted by molar-refractivity contribution is 5.73. The smallest absolute Gasteiger partial charge is 0.269 e. The first kappa shape index (κ1) is 20.6. The predicted octanol–water partition coefficient (Wildman–Crippen LogP) is 0.853. The SMILES string of the molecule is CC(=O)N[C@@H]1[C@H](OCc2ccc([N+](=O)[O-])cc2)O[C@@H]2COC(C)(C)O[C@@H]2[C@@H]1O. The molecule has 0 aromatic heterocycles. The quantitative estimate of drug-likeness (QED) is 0.554. The van der Waals surface area contributed by atoms with E-state index in [4.69, 9.17) is 18.9 Å². The molecule has 0 spiro atoms. The van der Waals surface area contributed by atoms with Gasteiger partial charge in [-0.1, -0.05) is 0 Å². The third-order valence-corrected chi connectivity index (χ3v) is 4.62. The summed E-state index contributed by atoms with van der Waals surface area (Å²) in [4.78, 5) is 21.9. The van der Waals surface area contributed by atoms with Crippen LogP contribution in [0.5, 0.6) is 0 Å². The largest absolute Gasteiger partial charge is 0.388 e. The van der Waals surface area contributed by atoms with Crippen LogP contribution in [0.1, 0.15) is 26.3 Å². The number of hydrogen-bond donors (Lipinski definition) is 2. The van der Waals surface area contributed by atoms with Gasteiger partial charge in [-0.15, -0.1) is 0 Å². The van der Waals surface area contributed by atoms with E-state index >= 15 is 0 Å². The lowest BCUT2D eigenvalue weighted by molar-refractivity contribution is -0.384. The molecular formula is C18H24N2O8. The Kier molecular flexibility index (Phi) is 5.96. The van der Waals surface area contributed by atoms with E-state index in [0.717, 1.165) is 0 Å². The van der Waals surface area contributed by atoms with Crippen molar-refractivity contribution in [3.8, 4) is 0 Å². The second-order valence-corrected chi connectivity index (χ2v) is 7.29. The molecule has 0 radical (unpaired) electrons. The molecule has 0 saturated carbocycles. The summed E-state index contributed by atoms with van der Waals surface area (Å²) in [5.74, 6) is -1.22. The zero-order valence-corrected chi connectivity index (χ0v) is 15.9. The summed E-state index contributed by atoms with van der Waals surface area (Å²) in [6.07, 6.45) is -3.24.